The molecule has 6 nitrogen and oxygen atoms in total. The zero-order chi connectivity index (χ0) is 16.2. The molecule has 0 aliphatic carbocycles. The molecule has 0 atom stereocenters. The molecule has 22 heavy (non-hydrogen) atoms. The van der Waals surface area contributed by atoms with E-state index in [-0.39, 0.29) is 17.9 Å². The second-order valence-corrected chi connectivity index (χ2v) is 5.13. The summed E-state index contributed by atoms with van der Waals surface area (Å²) >= 11 is 0. The van der Waals surface area contributed by atoms with Crippen molar-refractivity contribution in [2.24, 2.45) is 0 Å². The summed E-state index contributed by atoms with van der Waals surface area (Å²) in [5.41, 5.74) is -0.956. The summed E-state index contributed by atoms with van der Waals surface area (Å²) in [5.74, 6) is -0.0628. The van der Waals surface area contributed by atoms with E-state index in [1.165, 1.54) is 0 Å². The Balaban J connectivity index is 1.87. The van der Waals surface area contributed by atoms with Crippen molar-refractivity contribution in [3.8, 4) is 0 Å². The van der Waals surface area contributed by atoms with Crippen molar-refractivity contribution in [1.82, 2.24) is 20.2 Å². The first-order chi connectivity index (χ1) is 10.4. The first kappa shape index (κ1) is 16.5. The molecule has 1 aromatic rings. The SMILES string of the molecule is CNC(=O)CN1CCC(Nc2nccc(C(F)(F)F)n2)CC1. The van der Waals surface area contributed by atoms with Crippen LogP contribution in [0.15, 0.2) is 12.3 Å². The van der Waals surface area contributed by atoms with Gasteiger partial charge in [0.1, 0.15) is 5.69 Å². The molecule has 2 rings (SSSR count). The van der Waals surface area contributed by atoms with Crippen LogP contribution in [0.2, 0.25) is 0 Å². The number of anilines is 1. The molecule has 0 aromatic carbocycles. The fourth-order valence-corrected chi connectivity index (χ4v) is 2.29. The minimum atomic E-state index is -4.48. The molecule has 1 aliphatic heterocycles. The van der Waals surface area contributed by atoms with Gasteiger partial charge in [-0.25, -0.2) is 9.97 Å². The molecule has 2 N–H and O–H groups in total. The number of halogens is 3. The Kier molecular flexibility index (Phi) is 5.17. The molecule has 2 heterocycles. The van der Waals surface area contributed by atoms with Crippen LogP contribution in [0.5, 0.6) is 0 Å². The number of carbonyl (C=O) groups is 1. The molecule has 0 unspecified atom stereocenters. The number of aromatic nitrogens is 2. The summed E-state index contributed by atoms with van der Waals surface area (Å²) in [6.45, 7) is 1.73. The van der Waals surface area contributed by atoms with Crippen LogP contribution in [0.25, 0.3) is 0 Å². The number of likely N-dealkylation sites (N-methyl/N-ethyl adjacent to an activating group) is 1. The number of likely N-dealkylation sites (tertiary alicyclic amines) is 1. The lowest BCUT2D eigenvalue weighted by atomic mass is 10.1. The summed E-state index contributed by atoms with van der Waals surface area (Å²) in [6.07, 6.45) is -1.94. The van der Waals surface area contributed by atoms with E-state index in [0.29, 0.717) is 19.6 Å². The maximum atomic E-state index is 12.6. The van der Waals surface area contributed by atoms with Gasteiger partial charge < -0.3 is 10.6 Å². The summed E-state index contributed by atoms with van der Waals surface area (Å²) in [4.78, 5) is 20.6. The van der Waals surface area contributed by atoms with Crippen LogP contribution in [0.3, 0.4) is 0 Å². The Morgan fingerprint density at radius 3 is 2.68 bits per heavy atom. The molecule has 1 saturated heterocycles. The highest BCUT2D eigenvalue weighted by atomic mass is 19.4. The summed E-state index contributed by atoms with van der Waals surface area (Å²) in [5, 5.41) is 5.49. The number of hydrogen-bond donors (Lipinski definition) is 2. The van der Waals surface area contributed by atoms with Crippen LogP contribution < -0.4 is 10.6 Å². The number of nitrogens with one attached hydrogen (secondary N) is 2. The van der Waals surface area contributed by atoms with Crippen molar-refractivity contribution in [1.29, 1.82) is 0 Å². The lowest BCUT2D eigenvalue weighted by Gasteiger charge is -2.31. The van der Waals surface area contributed by atoms with Crippen molar-refractivity contribution in [3.63, 3.8) is 0 Å². The van der Waals surface area contributed by atoms with Gasteiger partial charge in [-0.05, 0) is 18.9 Å². The first-order valence-electron chi connectivity index (χ1n) is 6.98. The molecular weight excluding hydrogens is 299 g/mol. The van der Waals surface area contributed by atoms with Crippen molar-refractivity contribution in [2.75, 3.05) is 32.0 Å². The van der Waals surface area contributed by atoms with Crippen LogP contribution in [0.4, 0.5) is 19.1 Å². The van der Waals surface area contributed by atoms with Crippen LogP contribution in [0, 0.1) is 0 Å². The summed E-state index contributed by atoms with van der Waals surface area (Å²) in [7, 11) is 1.58. The Labute approximate surface area is 126 Å². The number of carbonyl (C=O) groups excluding carboxylic acids is 1. The van der Waals surface area contributed by atoms with Gasteiger partial charge in [0.25, 0.3) is 0 Å². The average molecular weight is 317 g/mol. The van der Waals surface area contributed by atoms with Gasteiger partial charge in [-0.2, -0.15) is 13.2 Å². The fourth-order valence-electron chi connectivity index (χ4n) is 2.29. The maximum absolute atomic E-state index is 12.6. The van der Waals surface area contributed by atoms with E-state index in [2.05, 4.69) is 20.6 Å². The number of amides is 1. The molecule has 122 valence electrons. The lowest BCUT2D eigenvalue weighted by molar-refractivity contribution is -0.141. The zero-order valence-corrected chi connectivity index (χ0v) is 12.2. The predicted octanol–water partition coefficient (Wildman–Crippen LogP) is 1.12. The fraction of sp³-hybridized carbons (Fsp3) is 0.615. The minimum absolute atomic E-state index is 0.00409. The van der Waals surface area contributed by atoms with Crippen molar-refractivity contribution >= 4 is 11.9 Å². The van der Waals surface area contributed by atoms with E-state index in [0.717, 1.165) is 25.1 Å². The largest absolute Gasteiger partial charge is 0.433 e. The van der Waals surface area contributed by atoms with Crippen LogP contribution in [0.1, 0.15) is 18.5 Å². The number of piperidine rings is 1. The highest BCUT2D eigenvalue weighted by molar-refractivity contribution is 5.77. The number of rotatable bonds is 4. The number of hydrogen-bond acceptors (Lipinski definition) is 5. The molecule has 9 heteroatoms. The van der Waals surface area contributed by atoms with Gasteiger partial charge in [-0.3, -0.25) is 9.69 Å². The quantitative estimate of drug-likeness (QED) is 0.871. The van der Waals surface area contributed by atoms with E-state index in [1.54, 1.807) is 7.05 Å². The molecule has 1 amide bonds. The second-order valence-electron chi connectivity index (χ2n) is 5.13. The maximum Gasteiger partial charge on any atom is 0.433 e. The number of nitrogens with zero attached hydrogens (tertiary/aromatic N) is 3. The minimum Gasteiger partial charge on any atom is -0.358 e. The third-order valence-corrected chi connectivity index (χ3v) is 3.51. The van der Waals surface area contributed by atoms with Gasteiger partial charge in [0.15, 0.2) is 0 Å². The summed E-state index contributed by atoms with van der Waals surface area (Å²) < 4.78 is 37.8. The number of alkyl halides is 3. The van der Waals surface area contributed by atoms with Gasteiger partial charge >= 0.3 is 6.18 Å². The van der Waals surface area contributed by atoms with Gasteiger partial charge in [-0.1, -0.05) is 0 Å². The average Bonchev–Trinajstić information content (AvgIpc) is 2.48. The molecule has 1 fully saturated rings. The molecule has 0 bridgehead atoms. The van der Waals surface area contributed by atoms with Crippen LogP contribution in [-0.4, -0.2) is 53.5 Å². The highest BCUT2D eigenvalue weighted by Gasteiger charge is 2.33. The van der Waals surface area contributed by atoms with Crippen LogP contribution >= 0.6 is 0 Å². The van der Waals surface area contributed by atoms with Crippen molar-refractivity contribution in [2.45, 2.75) is 25.1 Å². The van der Waals surface area contributed by atoms with E-state index < -0.39 is 11.9 Å². The standard InChI is InChI=1S/C13H18F3N5O/c1-17-11(22)8-21-6-3-9(4-7-21)19-12-18-5-2-10(20-12)13(14,15)16/h2,5,9H,3-4,6-8H2,1H3,(H,17,22)(H,18,19,20). The van der Waals surface area contributed by atoms with Gasteiger partial charge in [0, 0.05) is 32.4 Å². The van der Waals surface area contributed by atoms with Gasteiger partial charge in [0.2, 0.25) is 11.9 Å². The van der Waals surface area contributed by atoms with E-state index in [1.807, 2.05) is 4.90 Å². The third kappa shape index (κ3) is 4.55. The van der Waals surface area contributed by atoms with E-state index in [4.69, 9.17) is 0 Å². The smallest absolute Gasteiger partial charge is 0.358 e. The highest BCUT2D eigenvalue weighted by Crippen LogP contribution is 2.27. The topological polar surface area (TPSA) is 70.2 Å². The molecule has 0 spiro atoms. The molecular formula is C13H18F3N5O. The summed E-state index contributed by atoms with van der Waals surface area (Å²) in [6, 6.07) is 0.848. The Hall–Kier alpha value is -1.90. The monoisotopic (exact) mass is 317 g/mol. The van der Waals surface area contributed by atoms with Gasteiger partial charge in [-0.15, -0.1) is 0 Å². The molecule has 1 aliphatic rings. The van der Waals surface area contributed by atoms with E-state index >= 15 is 0 Å². The predicted molar refractivity (Wildman–Crippen MR) is 74.2 cm³/mol. The lowest BCUT2D eigenvalue weighted by Crippen LogP contribution is -2.43. The Morgan fingerprint density at radius 1 is 1.41 bits per heavy atom. The van der Waals surface area contributed by atoms with Gasteiger partial charge in [0.05, 0.1) is 6.54 Å². The Bertz CT molecular complexity index is 515. The normalized spacial score (nSPS) is 17.3. The first-order valence-corrected chi connectivity index (χ1v) is 6.98. The second kappa shape index (κ2) is 6.91. The van der Waals surface area contributed by atoms with Crippen molar-refractivity contribution < 1.29 is 18.0 Å². The molecule has 0 radical (unpaired) electrons. The van der Waals surface area contributed by atoms with E-state index in [9.17, 15) is 18.0 Å². The third-order valence-electron chi connectivity index (χ3n) is 3.51. The Morgan fingerprint density at radius 2 is 2.09 bits per heavy atom. The zero-order valence-electron chi connectivity index (χ0n) is 12.2. The molecule has 1 aromatic heterocycles. The van der Waals surface area contributed by atoms with Crippen LogP contribution in [-0.2, 0) is 11.0 Å². The molecule has 0 saturated carbocycles. The van der Waals surface area contributed by atoms with Crippen molar-refractivity contribution in [3.05, 3.63) is 18.0 Å².